The maximum Gasteiger partial charge on any atom is 0.143 e. The molecule has 4 aromatic rings. The van der Waals surface area contributed by atoms with Crippen LogP contribution in [0.3, 0.4) is 0 Å². The number of pyridine rings is 1. The van der Waals surface area contributed by atoms with E-state index in [0.717, 1.165) is 49.7 Å². The van der Waals surface area contributed by atoms with Gasteiger partial charge in [-0.2, -0.15) is 0 Å². The van der Waals surface area contributed by atoms with Crippen LogP contribution in [-0.4, -0.2) is 47.2 Å². The summed E-state index contributed by atoms with van der Waals surface area (Å²) in [6.45, 7) is 3.74. The minimum Gasteiger partial charge on any atom is -0.485 e. The second-order valence-electron chi connectivity index (χ2n) is 8.49. The minimum atomic E-state index is 0.123. The Hall–Kier alpha value is -3.57. The van der Waals surface area contributed by atoms with E-state index in [1.54, 1.807) is 0 Å². The van der Waals surface area contributed by atoms with Crippen molar-refractivity contribution in [2.45, 2.75) is 12.5 Å². The van der Waals surface area contributed by atoms with Crippen LogP contribution < -0.4 is 9.64 Å². The molecule has 1 atom stereocenters. The van der Waals surface area contributed by atoms with Crippen molar-refractivity contribution in [2.24, 2.45) is 0 Å². The fourth-order valence-electron chi connectivity index (χ4n) is 4.88. The van der Waals surface area contributed by atoms with Gasteiger partial charge in [-0.25, -0.2) is 4.98 Å². The van der Waals surface area contributed by atoms with Crippen LogP contribution in [0, 0.1) is 0 Å². The van der Waals surface area contributed by atoms with E-state index >= 15 is 0 Å². The highest BCUT2D eigenvalue weighted by atomic mass is 16.5. The summed E-state index contributed by atoms with van der Waals surface area (Å²) in [7, 11) is 0. The predicted octanol–water partition coefficient (Wildman–Crippen LogP) is 5.25. The molecule has 2 aliphatic rings. The number of aromatic nitrogens is 2. The highest BCUT2D eigenvalue weighted by Crippen LogP contribution is 2.38. The first-order valence-corrected chi connectivity index (χ1v) is 11.3. The van der Waals surface area contributed by atoms with E-state index in [0.29, 0.717) is 0 Å². The lowest BCUT2D eigenvalue weighted by Gasteiger charge is -2.38. The molecule has 2 aromatic carbocycles. The van der Waals surface area contributed by atoms with Gasteiger partial charge in [-0.05, 0) is 48.4 Å². The SMILES string of the molecule is C1=C(c2c[nH]c3ncccc23)CCN(CC2CN(c3ccccc3)c3ccccc3O2)C1. The maximum atomic E-state index is 6.43. The van der Waals surface area contributed by atoms with Gasteiger partial charge in [0.1, 0.15) is 17.5 Å². The van der Waals surface area contributed by atoms with Gasteiger partial charge in [0.05, 0.1) is 12.2 Å². The van der Waals surface area contributed by atoms with Gasteiger partial charge in [0.2, 0.25) is 0 Å². The maximum absolute atomic E-state index is 6.43. The first-order valence-electron chi connectivity index (χ1n) is 11.3. The zero-order valence-corrected chi connectivity index (χ0v) is 17.9. The molecule has 160 valence electrons. The molecule has 5 heteroatoms. The zero-order valence-electron chi connectivity index (χ0n) is 17.9. The molecule has 1 N–H and O–H groups in total. The number of nitrogens with one attached hydrogen (secondary N) is 1. The normalized spacial score (nSPS) is 18.8. The highest BCUT2D eigenvalue weighted by Gasteiger charge is 2.28. The van der Waals surface area contributed by atoms with E-state index in [9.17, 15) is 0 Å². The molecule has 0 saturated heterocycles. The van der Waals surface area contributed by atoms with Crippen LogP contribution in [0.4, 0.5) is 11.4 Å². The van der Waals surface area contributed by atoms with E-state index < -0.39 is 0 Å². The van der Waals surface area contributed by atoms with E-state index in [2.05, 4.69) is 92.7 Å². The molecule has 32 heavy (non-hydrogen) atoms. The second kappa shape index (κ2) is 8.17. The van der Waals surface area contributed by atoms with Gasteiger partial charge >= 0.3 is 0 Å². The van der Waals surface area contributed by atoms with Crippen molar-refractivity contribution in [1.29, 1.82) is 0 Å². The summed E-state index contributed by atoms with van der Waals surface area (Å²) < 4.78 is 6.43. The molecule has 0 bridgehead atoms. The van der Waals surface area contributed by atoms with E-state index in [1.165, 1.54) is 22.2 Å². The fraction of sp³-hybridized carbons (Fsp3) is 0.222. The topological polar surface area (TPSA) is 44.4 Å². The standard InChI is InChI=1S/C27H26N4O/c1-2-7-21(8-3-1)31-19-22(32-26-11-5-4-10-25(26)31)18-30-15-12-20(13-16-30)24-17-29-27-23(24)9-6-14-28-27/h1-12,14,17,22H,13,15-16,18-19H2,(H,28,29). The molecule has 2 aliphatic heterocycles. The van der Waals surface area contributed by atoms with Crippen LogP contribution in [0.5, 0.6) is 5.75 Å². The molecular weight excluding hydrogens is 396 g/mol. The van der Waals surface area contributed by atoms with Crippen LogP contribution in [-0.2, 0) is 0 Å². The summed E-state index contributed by atoms with van der Waals surface area (Å²) >= 11 is 0. The quantitative estimate of drug-likeness (QED) is 0.488. The summed E-state index contributed by atoms with van der Waals surface area (Å²) in [6.07, 6.45) is 7.45. The highest BCUT2D eigenvalue weighted by molar-refractivity contribution is 5.90. The van der Waals surface area contributed by atoms with Gasteiger partial charge in [0.25, 0.3) is 0 Å². The number of hydrogen-bond acceptors (Lipinski definition) is 4. The molecule has 0 saturated carbocycles. The second-order valence-corrected chi connectivity index (χ2v) is 8.49. The van der Waals surface area contributed by atoms with E-state index in [-0.39, 0.29) is 6.10 Å². The lowest BCUT2D eigenvalue weighted by atomic mass is 9.99. The van der Waals surface area contributed by atoms with Crippen molar-refractivity contribution < 1.29 is 4.74 Å². The Morgan fingerprint density at radius 1 is 1.00 bits per heavy atom. The molecular formula is C27H26N4O. The lowest BCUT2D eigenvalue weighted by molar-refractivity contribution is 0.137. The van der Waals surface area contributed by atoms with Gasteiger partial charge in [-0.1, -0.05) is 36.4 Å². The van der Waals surface area contributed by atoms with Crippen molar-refractivity contribution in [3.05, 3.63) is 90.8 Å². The van der Waals surface area contributed by atoms with Crippen molar-refractivity contribution >= 4 is 28.0 Å². The van der Waals surface area contributed by atoms with Crippen molar-refractivity contribution in [3.63, 3.8) is 0 Å². The summed E-state index contributed by atoms with van der Waals surface area (Å²) in [5, 5.41) is 1.21. The number of hydrogen-bond donors (Lipinski definition) is 1. The monoisotopic (exact) mass is 422 g/mol. The number of benzene rings is 2. The third-order valence-electron chi connectivity index (χ3n) is 6.46. The molecule has 0 amide bonds. The third kappa shape index (κ3) is 3.55. The third-order valence-corrected chi connectivity index (χ3v) is 6.46. The van der Waals surface area contributed by atoms with Crippen LogP contribution in [0.25, 0.3) is 16.6 Å². The summed E-state index contributed by atoms with van der Waals surface area (Å²) in [5.74, 6) is 0.965. The molecule has 1 unspecified atom stereocenters. The van der Waals surface area contributed by atoms with E-state index in [1.807, 2.05) is 12.3 Å². The first-order chi connectivity index (χ1) is 15.8. The van der Waals surface area contributed by atoms with Crippen molar-refractivity contribution in [2.75, 3.05) is 31.1 Å². The Kier molecular flexibility index (Phi) is 4.89. The number of fused-ring (bicyclic) bond motifs is 2. The lowest BCUT2D eigenvalue weighted by Crippen LogP contribution is -2.45. The summed E-state index contributed by atoms with van der Waals surface area (Å²) in [5.41, 5.74) is 6.00. The Bertz CT molecular complexity index is 1260. The van der Waals surface area contributed by atoms with Crippen LogP contribution in [0.15, 0.2) is 85.2 Å². The Morgan fingerprint density at radius 3 is 2.75 bits per heavy atom. The number of para-hydroxylation sites is 3. The number of aromatic amines is 1. The average Bonchev–Trinajstić information content (AvgIpc) is 3.29. The van der Waals surface area contributed by atoms with Gasteiger partial charge in [-0.15, -0.1) is 0 Å². The molecule has 4 heterocycles. The smallest absolute Gasteiger partial charge is 0.143 e. The summed E-state index contributed by atoms with van der Waals surface area (Å²) in [6, 6.07) is 23.1. The average molecular weight is 423 g/mol. The number of ether oxygens (including phenoxy) is 1. The van der Waals surface area contributed by atoms with Crippen LogP contribution >= 0.6 is 0 Å². The Balaban J connectivity index is 1.19. The molecule has 5 nitrogen and oxygen atoms in total. The van der Waals surface area contributed by atoms with Gasteiger partial charge in [-0.3, -0.25) is 4.90 Å². The largest absolute Gasteiger partial charge is 0.485 e. The summed E-state index contributed by atoms with van der Waals surface area (Å²) in [4.78, 5) is 12.6. The zero-order chi connectivity index (χ0) is 21.3. The predicted molar refractivity (Wildman–Crippen MR) is 129 cm³/mol. The minimum absolute atomic E-state index is 0.123. The first kappa shape index (κ1) is 19.1. The molecule has 6 rings (SSSR count). The number of nitrogens with zero attached hydrogens (tertiary/aromatic N) is 3. The van der Waals surface area contributed by atoms with Gasteiger partial charge < -0.3 is 14.6 Å². The molecule has 0 radical (unpaired) electrons. The van der Waals surface area contributed by atoms with Crippen molar-refractivity contribution in [3.8, 4) is 5.75 Å². The fourth-order valence-corrected chi connectivity index (χ4v) is 4.88. The Labute approximate surface area is 188 Å². The number of anilines is 2. The number of H-pyrrole nitrogens is 1. The van der Waals surface area contributed by atoms with Gasteiger partial charge in [0.15, 0.2) is 0 Å². The molecule has 0 spiro atoms. The number of rotatable bonds is 4. The van der Waals surface area contributed by atoms with Crippen LogP contribution in [0.1, 0.15) is 12.0 Å². The van der Waals surface area contributed by atoms with E-state index in [4.69, 9.17) is 4.74 Å². The Morgan fingerprint density at radius 2 is 1.88 bits per heavy atom. The van der Waals surface area contributed by atoms with Crippen molar-refractivity contribution in [1.82, 2.24) is 14.9 Å². The van der Waals surface area contributed by atoms with Gasteiger partial charge in [0, 0.05) is 48.7 Å². The van der Waals surface area contributed by atoms with Crippen LogP contribution in [0.2, 0.25) is 0 Å². The molecule has 2 aromatic heterocycles. The molecule has 0 fully saturated rings. The molecule has 0 aliphatic carbocycles.